The minimum atomic E-state index is -0.695. The zero-order valence-electron chi connectivity index (χ0n) is 13.2. The summed E-state index contributed by atoms with van der Waals surface area (Å²) in [5, 5.41) is 22.4. The van der Waals surface area contributed by atoms with E-state index in [2.05, 4.69) is 45.6 Å². The van der Waals surface area contributed by atoms with E-state index in [-0.39, 0.29) is 5.41 Å². The summed E-state index contributed by atoms with van der Waals surface area (Å²) in [5.41, 5.74) is 0.243. The van der Waals surface area contributed by atoms with E-state index in [0.29, 0.717) is 6.42 Å². The van der Waals surface area contributed by atoms with Crippen molar-refractivity contribution in [2.75, 3.05) is 20.5 Å². The largest absolute Gasteiger partial charge is 0.481 e. The third-order valence-corrected chi connectivity index (χ3v) is 1.63. The second-order valence-electron chi connectivity index (χ2n) is 4.41. The number of unbranched alkanes of at least 4 members (excludes halogenated alkanes) is 2. The Balaban J connectivity index is -0.000000163. The molecular formula is C14H32O4S. The summed E-state index contributed by atoms with van der Waals surface area (Å²) in [6.07, 6.45) is 9.05. The minimum absolute atomic E-state index is 0.243. The molecule has 0 atom stereocenters. The molecule has 4 nitrogen and oxygen atoms in total. The van der Waals surface area contributed by atoms with Crippen LogP contribution in [0.15, 0.2) is 12.2 Å². The highest BCUT2D eigenvalue weighted by molar-refractivity contribution is 7.79. The molecule has 0 saturated heterocycles. The molecule has 0 aliphatic carbocycles. The average molecular weight is 296 g/mol. The van der Waals surface area contributed by atoms with Crippen molar-refractivity contribution in [3.05, 3.63) is 12.2 Å². The fourth-order valence-corrected chi connectivity index (χ4v) is 0.975. The van der Waals surface area contributed by atoms with Crippen molar-refractivity contribution in [3.8, 4) is 0 Å². The highest BCUT2D eigenvalue weighted by atomic mass is 32.1. The van der Waals surface area contributed by atoms with Crippen molar-refractivity contribution in [1.29, 1.82) is 0 Å². The summed E-state index contributed by atoms with van der Waals surface area (Å²) in [7, 11) is 2.00. The van der Waals surface area contributed by atoms with Crippen molar-refractivity contribution in [2.45, 2.75) is 46.5 Å². The number of carboxylic acid groups (broad SMARTS) is 1. The third-order valence-electron chi connectivity index (χ3n) is 1.63. The molecule has 0 unspecified atom stereocenters. The number of aliphatic carboxylic acids is 1. The Morgan fingerprint density at radius 3 is 1.79 bits per heavy atom. The molecule has 0 amide bonds. The molecule has 0 aliphatic heterocycles. The molecule has 118 valence electrons. The number of aliphatic hydroxyl groups excluding tert-OH is 2. The highest BCUT2D eigenvalue weighted by Crippen LogP contribution is 2.15. The van der Waals surface area contributed by atoms with Crippen molar-refractivity contribution >= 4 is 18.6 Å². The van der Waals surface area contributed by atoms with Gasteiger partial charge < -0.3 is 15.3 Å². The molecule has 19 heavy (non-hydrogen) atoms. The van der Waals surface area contributed by atoms with Crippen LogP contribution in [0.5, 0.6) is 0 Å². The van der Waals surface area contributed by atoms with Gasteiger partial charge in [-0.15, -0.1) is 0 Å². The predicted octanol–water partition coefficient (Wildman–Crippen LogP) is 3.00. The highest BCUT2D eigenvalue weighted by Gasteiger charge is 2.02. The summed E-state index contributed by atoms with van der Waals surface area (Å²) in [4.78, 5) is 10.2. The molecule has 0 aromatic heterocycles. The van der Waals surface area contributed by atoms with Gasteiger partial charge in [0.1, 0.15) is 0 Å². The Morgan fingerprint density at radius 2 is 1.47 bits per heavy atom. The summed E-state index contributed by atoms with van der Waals surface area (Å²) >= 11 is 3.53. The predicted molar refractivity (Wildman–Crippen MR) is 85.9 cm³/mol. The molecule has 0 bridgehead atoms. The number of aliphatic hydroxyl groups is 2. The third kappa shape index (κ3) is 46.6. The van der Waals surface area contributed by atoms with Gasteiger partial charge in [0.2, 0.25) is 0 Å². The Labute approximate surface area is 124 Å². The fourth-order valence-electron chi connectivity index (χ4n) is 0.975. The molecule has 0 radical (unpaired) electrons. The van der Waals surface area contributed by atoms with Crippen LogP contribution >= 0.6 is 12.6 Å². The number of hydrogen-bond acceptors (Lipinski definition) is 4. The van der Waals surface area contributed by atoms with Gasteiger partial charge in [-0.3, -0.25) is 4.79 Å². The molecule has 5 heteroatoms. The van der Waals surface area contributed by atoms with Crippen LogP contribution in [-0.2, 0) is 4.79 Å². The Kier molecular flexibility index (Phi) is 32.1. The van der Waals surface area contributed by atoms with Crippen LogP contribution < -0.4 is 0 Å². The zero-order chi connectivity index (χ0) is 16.3. The number of carboxylic acids is 1. The molecule has 0 aromatic rings. The van der Waals surface area contributed by atoms with Gasteiger partial charge in [-0.1, -0.05) is 32.9 Å². The van der Waals surface area contributed by atoms with Crippen LogP contribution in [0.1, 0.15) is 46.5 Å². The molecular weight excluding hydrogens is 264 g/mol. The Morgan fingerprint density at radius 1 is 1.05 bits per heavy atom. The number of rotatable bonds is 5. The molecule has 0 heterocycles. The molecule has 0 spiro atoms. The normalized spacial score (nSPS) is 9.32. The zero-order valence-corrected chi connectivity index (χ0v) is 14.1. The monoisotopic (exact) mass is 296 g/mol. The summed E-state index contributed by atoms with van der Waals surface area (Å²) < 4.78 is 0. The van der Waals surface area contributed by atoms with E-state index in [0.717, 1.165) is 33.5 Å². The van der Waals surface area contributed by atoms with Crippen LogP contribution in [0.3, 0.4) is 0 Å². The van der Waals surface area contributed by atoms with E-state index in [9.17, 15) is 4.79 Å². The quantitative estimate of drug-likeness (QED) is 0.357. The second kappa shape index (κ2) is 22.6. The lowest BCUT2D eigenvalue weighted by Crippen LogP contribution is -1.98. The van der Waals surface area contributed by atoms with Crippen LogP contribution in [0, 0.1) is 5.41 Å². The van der Waals surface area contributed by atoms with Crippen molar-refractivity contribution in [3.63, 3.8) is 0 Å². The maximum Gasteiger partial charge on any atom is 0.303 e. The van der Waals surface area contributed by atoms with Crippen LogP contribution in [0.4, 0.5) is 0 Å². The summed E-state index contributed by atoms with van der Waals surface area (Å²) in [6, 6.07) is 0. The van der Waals surface area contributed by atoms with Crippen molar-refractivity contribution in [1.82, 2.24) is 0 Å². The van der Waals surface area contributed by atoms with E-state index in [1.54, 1.807) is 6.26 Å². The number of hydrogen-bond donors (Lipinski definition) is 4. The lowest BCUT2D eigenvalue weighted by atomic mass is 9.96. The van der Waals surface area contributed by atoms with Crippen LogP contribution in [0.25, 0.3) is 0 Å². The van der Waals surface area contributed by atoms with E-state index in [1.807, 2.05) is 0 Å². The van der Waals surface area contributed by atoms with E-state index >= 15 is 0 Å². The topological polar surface area (TPSA) is 77.8 Å². The van der Waals surface area contributed by atoms with Crippen molar-refractivity contribution < 1.29 is 20.1 Å². The molecule has 0 saturated carbocycles. The SMILES string of the molecule is CC(C)(C)/C=C/CCCCC(=O)O.CO.CO.CS. The van der Waals surface area contributed by atoms with Crippen LogP contribution in [-0.4, -0.2) is 41.8 Å². The van der Waals surface area contributed by atoms with Gasteiger partial charge in [-0.05, 0) is 30.9 Å². The van der Waals surface area contributed by atoms with E-state index in [1.165, 1.54) is 0 Å². The van der Waals surface area contributed by atoms with E-state index < -0.39 is 5.97 Å². The lowest BCUT2D eigenvalue weighted by molar-refractivity contribution is -0.137. The van der Waals surface area contributed by atoms with Crippen molar-refractivity contribution in [2.24, 2.45) is 5.41 Å². The first-order valence-electron chi connectivity index (χ1n) is 6.15. The first-order chi connectivity index (χ1) is 8.92. The van der Waals surface area contributed by atoms with Gasteiger partial charge in [0.05, 0.1) is 0 Å². The Hall–Kier alpha value is -0.520. The standard InChI is InChI=1S/C11H20O2.2CH4O.CH4S/c1-11(2,3)9-7-5-4-6-8-10(12)13;3*1-2/h7,9H,4-6,8H2,1-3H3,(H,12,13);3*2H,1H3/b9-7+;;;. The van der Waals surface area contributed by atoms with E-state index in [4.69, 9.17) is 15.3 Å². The number of allylic oxidation sites excluding steroid dienone is 2. The minimum Gasteiger partial charge on any atom is -0.481 e. The second-order valence-corrected chi connectivity index (χ2v) is 4.41. The molecule has 3 N–H and O–H groups in total. The maximum absolute atomic E-state index is 10.2. The molecule has 0 rings (SSSR count). The smallest absolute Gasteiger partial charge is 0.303 e. The number of carbonyl (C=O) groups is 1. The van der Waals surface area contributed by atoms with Gasteiger partial charge in [0.15, 0.2) is 0 Å². The first-order valence-corrected chi connectivity index (χ1v) is 7.05. The lowest BCUT2D eigenvalue weighted by Gasteiger charge is -2.10. The Bertz CT molecular complexity index is 186. The molecule has 0 aliphatic rings. The molecule has 0 fully saturated rings. The maximum atomic E-state index is 10.2. The summed E-state index contributed by atoms with van der Waals surface area (Å²) in [6.45, 7) is 6.46. The number of thiol groups is 1. The van der Waals surface area contributed by atoms with Gasteiger partial charge in [0.25, 0.3) is 0 Å². The average Bonchev–Trinajstić information content (AvgIpc) is 2.39. The van der Waals surface area contributed by atoms with Crippen LogP contribution in [0.2, 0.25) is 0 Å². The van der Waals surface area contributed by atoms with Gasteiger partial charge >= 0.3 is 5.97 Å². The van der Waals surface area contributed by atoms with Gasteiger partial charge in [-0.25, -0.2) is 0 Å². The molecule has 0 aromatic carbocycles. The first kappa shape index (κ1) is 26.9. The van der Waals surface area contributed by atoms with Gasteiger partial charge in [0, 0.05) is 20.6 Å². The summed E-state index contributed by atoms with van der Waals surface area (Å²) in [5.74, 6) is -0.695. The fraction of sp³-hybridized carbons (Fsp3) is 0.786. The van der Waals surface area contributed by atoms with Gasteiger partial charge in [-0.2, -0.15) is 12.6 Å².